The number of benzene rings is 2. The van der Waals surface area contributed by atoms with Crippen LogP contribution in [0.4, 0.5) is 4.39 Å². The molecule has 4 heteroatoms. The Morgan fingerprint density at radius 3 is 2.67 bits per heavy atom. The predicted molar refractivity (Wildman–Crippen MR) is 91.4 cm³/mol. The number of nitrogens with zero attached hydrogens (tertiary/aromatic N) is 1. The first kappa shape index (κ1) is 16.5. The maximum Gasteiger partial charge on any atom is 0.131 e. The van der Waals surface area contributed by atoms with Crippen molar-refractivity contribution in [2.75, 3.05) is 13.1 Å². The Bertz CT molecular complexity index is 748. The molecule has 2 aromatic carbocycles. The molecule has 0 saturated carbocycles. The molecule has 3 nitrogen and oxygen atoms in total. The second-order valence-corrected chi connectivity index (χ2v) is 6.17. The van der Waals surface area contributed by atoms with Crippen LogP contribution in [-0.2, 0) is 0 Å². The van der Waals surface area contributed by atoms with Gasteiger partial charge in [-0.1, -0.05) is 24.3 Å². The third-order valence-corrected chi connectivity index (χ3v) is 4.57. The van der Waals surface area contributed by atoms with Crippen molar-refractivity contribution < 1.29 is 9.13 Å². The predicted octanol–water partition coefficient (Wildman–Crippen LogP) is 4.30. The molecule has 1 fully saturated rings. The molecule has 1 aliphatic heterocycles. The summed E-state index contributed by atoms with van der Waals surface area (Å²) < 4.78 is 20.3. The van der Waals surface area contributed by atoms with E-state index in [0.29, 0.717) is 17.0 Å². The SMILES string of the molecule is C[C@H](Oc1ccccc1C1CCNCC1)c1ccc(C#N)cc1F. The first-order valence-corrected chi connectivity index (χ1v) is 8.35. The fourth-order valence-electron chi connectivity index (χ4n) is 3.24. The first-order chi connectivity index (χ1) is 11.7. The fourth-order valence-corrected chi connectivity index (χ4v) is 3.24. The molecule has 0 spiro atoms. The van der Waals surface area contributed by atoms with Gasteiger partial charge in [0.15, 0.2) is 0 Å². The lowest BCUT2D eigenvalue weighted by molar-refractivity contribution is 0.217. The zero-order valence-electron chi connectivity index (χ0n) is 13.8. The van der Waals surface area contributed by atoms with E-state index in [1.165, 1.54) is 11.6 Å². The highest BCUT2D eigenvalue weighted by Gasteiger charge is 2.21. The molecule has 1 saturated heterocycles. The summed E-state index contributed by atoms with van der Waals surface area (Å²) in [4.78, 5) is 0. The summed E-state index contributed by atoms with van der Waals surface area (Å²) in [6.07, 6.45) is 1.75. The van der Waals surface area contributed by atoms with E-state index in [0.717, 1.165) is 31.7 Å². The first-order valence-electron chi connectivity index (χ1n) is 8.35. The summed E-state index contributed by atoms with van der Waals surface area (Å²) >= 11 is 0. The number of hydrogen-bond acceptors (Lipinski definition) is 3. The van der Waals surface area contributed by atoms with Gasteiger partial charge >= 0.3 is 0 Å². The van der Waals surface area contributed by atoms with Gasteiger partial charge in [-0.15, -0.1) is 0 Å². The van der Waals surface area contributed by atoms with Crippen molar-refractivity contribution in [3.8, 4) is 11.8 Å². The molecule has 1 heterocycles. The van der Waals surface area contributed by atoms with E-state index in [4.69, 9.17) is 10.00 Å². The van der Waals surface area contributed by atoms with Crippen LogP contribution in [0.3, 0.4) is 0 Å². The fraction of sp³-hybridized carbons (Fsp3) is 0.350. The molecule has 0 unspecified atom stereocenters. The van der Waals surface area contributed by atoms with Crippen LogP contribution in [-0.4, -0.2) is 13.1 Å². The van der Waals surface area contributed by atoms with Gasteiger partial charge in [0.05, 0.1) is 11.6 Å². The van der Waals surface area contributed by atoms with Crippen LogP contribution < -0.4 is 10.1 Å². The molecule has 2 aromatic rings. The lowest BCUT2D eigenvalue weighted by Crippen LogP contribution is -2.26. The van der Waals surface area contributed by atoms with Gasteiger partial charge in [0, 0.05) is 5.56 Å². The summed E-state index contributed by atoms with van der Waals surface area (Å²) in [7, 11) is 0. The van der Waals surface area contributed by atoms with Gasteiger partial charge in [-0.2, -0.15) is 5.26 Å². The maximum atomic E-state index is 14.2. The van der Waals surface area contributed by atoms with Crippen molar-refractivity contribution in [3.05, 3.63) is 65.0 Å². The Kier molecular flexibility index (Phi) is 5.12. The Morgan fingerprint density at radius 1 is 1.21 bits per heavy atom. The minimum Gasteiger partial charge on any atom is -0.486 e. The van der Waals surface area contributed by atoms with Crippen LogP contribution >= 0.6 is 0 Å². The van der Waals surface area contributed by atoms with Crippen LogP contribution in [0.2, 0.25) is 0 Å². The van der Waals surface area contributed by atoms with E-state index in [1.54, 1.807) is 12.1 Å². The van der Waals surface area contributed by atoms with E-state index < -0.39 is 11.9 Å². The lowest BCUT2D eigenvalue weighted by Gasteiger charge is -2.26. The average molecular weight is 324 g/mol. The smallest absolute Gasteiger partial charge is 0.131 e. The molecule has 1 atom stereocenters. The zero-order chi connectivity index (χ0) is 16.9. The second-order valence-electron chi connectivity index (χ2n) is 6.17. The number of para-hydroxylation sites is 1. The number of rotatable bonds is 4. The van der Waals surface area contributed by atoms with Crippen molar-refractivity contribution in [2.24, 2.45) is 0 Å². The van der Waals surface area contributed by atoms with Gasteiger partial charge in [-0.3, -0.25) is 0 Å². The van der Waals surface area contributed by atoms with E-state index in [1.807, 2.05) is 31.2 Å². The molecule has 0 bridgehead atoms. The molecule has 0 aliphatic carbocycles. The van der Waals surface area contributed by atoms with E-state index in [2.05, 4.69) is 11.4 Å². The van der Waals surface area contributed by atoms with Crippen molar-refractivity contribution in [2.45, 2.75) is 31.8 Å². The molecular weight excluding hydrogens is 303 g/mol. The summed E-state index contributed by atoms with van der Waals surface area (Å²) in [5.74, 6) is 0.891. The van der Waals surface area contributed by atoms with Gasteiger partial charge in [-0.05, 0) is 62.5 Å². The number of halogens is 1. The summed E-state index contributed by atoms with van der Waals surface area (Å²) in [5, 5.41) is 12.2. The molecule has 124 valence electrons. The second kappa shape index (κ2) is 7.46. The molecule has 0 radical (unpaired) electrons. The number of hydrogen-bond donors (Lipinski definition) is 1. The van der Waals surface area contributed by atoms with Crippen LogP contribution in [0.15, 0.2) is 42.5 Å². The molecule has 0 aromatic heterocycles. The van der Waals surface area contributed by atoms with Crippen molar-refractivity contribution in [1.29, 1.82) is 5.26 Å². The number of ether oxygens (including phenoxy) is 1. The monoisotopic (exact) mass is 324 g/mol. The van der Waals surface area contributed by atoms with Crippen LogP contribution in [0.25, 0.3) is 0 Å². The van der Waals surface area contributed by atoms with Crippen molar-refractivity contribution >= 4 is 0 Å². The van der Waals surface area contributed by atoms with Gasteiger partial charge in [0.2, 0.25) is 0 Å². The van der Waals surface area contributed by atoms with Gasteiger partial charge < -0.3 is 10.1 Å². The summed E-state index contributed by atoms with van der Waals surface area (Å²) in [6.45, 7) is 3.86. The number of nitriles is 1. The van der Waals surface area contributed by atoms with Gasteiger partial charge in [-0.25, -0.2) is 4.39 Å². The third-order valence-electron chi connectivity index (χ3n) is 4.57. The van der Waals surface area contributed by atoms with Gasteiger partial charge in [0.25, 0.3) is 0 Å². The molecule has 24 heavy (non-hydrogen) atoms. The highest BCUT2D eigenvalue weighted by molar-refractivity contribution is 5.38. The topological polar surface area (TPSA) is 45.0 Å². The molecule has 0 amide bonds. The highest BCUT2D eigenvalue weighted by Crippen LogP contribution is 2.35. The average Bonchev–Trinajstić information content (AvgIpc) is 2.62. The third kappa shape index (κ3) is 3.58. The number of nitrogens with one attached hydrogen (secondary N) is 1. The quantitative estimate of drug-likeness (QED) is 0.912. The summed E-state index contributed by atoms with van der Waals surface area (Å²) in [6, 6.07) is 14.5. The van der Waals surface area contributed by atoms with Crippen molar-refractivity contribution in [1.82, 2.24) is 5.32 Å². The highest BCUT2D eigenvalue weighted by atomic mass is 19.1. The van der Waals surface area contributed by atoms with E-state index in [-0.39, 0.29) is 0 Å². The maximum absolute atomic E-state index is 14.2. The Labute approximate surface area is 142 Å². The largest absolute Gasteiger partial charge is 0.486 e. The van der Waals surface area contributed by atoms with Crippen LogP contribution in [0, 0.1) is 17.1 Å². The number of piperidine rings is 1. The summed E-state index contributed by atoms with van der Waals surface area (Å²) in [5.41, 5.74) is 1.98. The zero-order valence-corrected chi connectivity index (χ0v) is 13.8. The minimum atomic E-state index is -0.416. The molecular formula is C20H21FN2O. The van der Waals surface area contributed by atoms with Crippen molar-refractivity contribution in [3.63, 3.8) is 0 Å². The Hall–Kier alpha value is -2.38. The standard InChI is InChI=1S/C20H21FN2O/c1-14(17-7-6-15(13-22)12-19(17)21)24-20-5-3-2-4-18(20)16-8-10-23-11-9-16/h2-7,12,14,16,23H,8-11H2,1H3/t14-/m0/s1. The van der Waals surface area contributed by atoms with E-state index in [9.17, 15) is 4.39 Å². The normalized spacial score (nSPS) is 16.4. The lowest BCUT2D eigenvalue weighted by atomic mass is 9.89. The van der Waals surface area contributed by atoms with Gasteiger partial charge in [0.1, 0.15) is 17.7 Å². The van der Waals surface area contributed by atoms with Crippen LogP contribution in [0.1, 0.15) is 48.5 Å². The minimum absolute atomic E-state index is 0.318. The van der Waals surface area contributed by atoms with E-state index >= 15 is 0 Å². The Morgan fingerprint density at radius 2 is 1.96 bits per heavy atom. The molecule has 1 N–H and O–H groups in total. The van der Waals surface area contributed by atoms with Crippen LogP contribution in [0.5, 0.6) is 5.75 Å². The molecule has 3 rings (SSSR count). The Balaban J connectivity index is 1.82. The molecule has 1 aliphatic rings.